The highest BCUT2D eigenvalue weighted by molar-refractivity contribution is 5.89. The summed E-state index contributed by atoms with van der Waals surface area (Å²) >= 11 is 0. The maximum Gasteiger partial charge on any atom is 0.335 e. The molecule has 92 valence electrons. The van der Waals surface area contributed by atoms with Crippen LogP contribution in [0, 0.1) is 11.3 Å². The molecule has 0 aromatic heterocycles. The maximum absolute atomic E-state index is 10.7. The minimum Gasteiger partial charge on any atom is -0.478 e. The predicted molar refractivity (Wildman–Crippen MR) is 71.8 cm³/mol. The molecule has 2 rings (SSSR count). The molecular weight excluding hydrogens is 240 g/mol. The Kier molecular flexibility index (Phi) is 3.70. The summed E-state index contributed by atoms with van der Waals surface area (Å²) in [5, 5.41) is 17.4. The van der Waals surface area contributed by atoms with Crippen LogP contribution in [0.4, 0.5) is 5.69 Å². The molecule has 4 heteroatoms. The maximum atomic E-state index is 10.7. The van der Waals surface area contributed by atoms with Gasteiger partial charge in [-0.2, -0.15) is 5.26 Å². The monoisotopic (exact) mass is 250 g/mol. The number of benzene rings is 2. The first-order valence-electron chi connectivity index (χ1n) is 5.56. The van der Waals surface area contributed by atoms with E-state index in [9.17, 15) is 4.79 Å². The summed E-state index contributed by atoms with van der Waals surface area (Å²) in [6.07, 6.45) is 1.65. The van der Waals surface area contributed by atoms with Crippen LogP contribution in [0.2, 0.25) is 0 Å². The lowest BCUT2D eigenvalue weighted by molar-refractivity contribution is 0.0697. The molecule has 2 aromatic rings. The van der Waals surface area contributed by atoms with E-state index in [0.717, 1.165) is 11.3 Å². The summed E-state index contributed by atoms with van der Waals surface area (Å²) in [5.41, 5.74) is 2.39. The van der Waals surface area contributed by atoms with E-state index >= 15 is 0 Å². The molecule has 0 unspecified atom stereocenters. The third-order valence-corrected chi connectivity index (χ3v) is 2.52. The third kappa shape index (κ3) is 3.27. The number of aliphatic imine (C=N–C) groups is 1. The van der Waals surface area contributed by atoms with E-state index in [1.807, 2.05) is 6.07 Å². The number of hydrogen-bond acceptors (Lipinski definition) is 3. The highest BCUT2D eigenvalue weighted by Crippen LogP contribution is 2.12. The number of rotatable bonds is 3. The van der Waals surface area contributed by atoms with E-state index in [4.69, 9.17) is 10.4 Å². The molecule has 0 aliphatic rings. The quantitative estimate of drug-likeness (QED) is 0.851. The predicted octanol–water partition coefficient (Wildman–Crippen LogP) is 3.01. The van der Waals surface area contributed by atoms with E-state index in [2.05, 4.69) is 4.99 Å². The molecular formula is C15H10N2O2. The van der Waals surface area contributed by atoms with Gasteiger partial charge in [0.25, 0.3) is 0 Å². The van der Waals surface area contributed by atoms with Gasteiger partial charge >= 0.3 is 5.97 Å². The molecule has 0 heterocycles. The van der Waals surface area contributed by atoms with Crippen molar-refractivity contribution < 1.29 is 9.90 Å². The number of aromatic carboxylic acids is 1. The molecule has 4 nitrogen and oxygen atoms in total. The van der Waals surface area contributed by atoms with Gasteiger partial charge in [-0.05, 0) is 42.0 Å². The number of hydrogen-bond donors (Lipinski definition) is 1. The fraction of sp³-hybridized carbons (Fsp3) is 0. The second kappa shape index (κ2) is 5.61. The van der Waals surface area contributed by atoms with Gasteiger partial charge < -0.3 is 5.11 Å². The molecule has 0 saturated heterocycles. The van der Waals surface area contributed by atoms with E-state index in [0.29, 0.717) is 5.56 Å². The molecule has 0 radical (unpaired) electrons. The van der Waals surface area contributed by atoms with Crippen LogP contribution < -0.4 is 0 Å². The number of nitrogens with zero attached hydrogens (tertiary/aromatic N) is 2. The van der Waals surface area contributed by atoms with E-state index < -0.39 is 5.97 Å². The van der Waals surface area contributed by atoms with Gasteiger partial charge in [0.2, 0.25) is 0 Å². The Morgan fingerprint density at radius 2 is 1.74 bits per heavy atom. The Morgan fingerprint density at radius 1 is 1.11 bits per heavy atom. The molecule has 0 amide bonds. The van der Waals surface area contributed by atoms with Crippen molar-refractivity contribution in [1.82, 2.24) is 0 Å². The van der Waals surface area contributed by atoms with Gasteiger partial charge in [0, 0.05) is 6.21 Å². The van der Waals surface area contributed by atoms with Crippen molar-refractivity contribution in [2.24, 2.45) is 4.99 Å². The van der Waals surface area contributed by atoms with Crippen LogP contribution >= 0.6 is 0 Å². The molecule has 0 aliphatic heterocycles. The molecule has 0 fully saturated rings. The Morgan fingerprint density at radius 3 is 2.26 bits per heavy atom. The average Bonchev–Trinajstić information content (AvgIpc) is 2.46. The van der Waals surface area contributed by atoms with Crippen molar-refractivity contribution in [1.29, 1.82) is 5.26 Å². The van der Waals surface area contributed by atoms with Crippen LogP contribution in [0.1, 0.15) is 21.5 Å². The second-order valence-electron chi connectivity index (χ2n) is 3.84. The fourth-order valence-corrected chi connectivity index (χ4v) is 1.48. The van der Waals surface area contributed by atoms with Gasteiger partial charge in [-0.15, -0.1) is 0 Å². The Bertz CT molecular complexity index is 650. The summed E-state index contributed by atoms with van der Waals surface area (Å²) < 4.78 is 0. The summed E-state index contributed by atoms with van der Waals surface area (Å²) in [6.45, 7) is 0. The van der Waals surface area contributed by atoms with Crippen LogP contribution in [0.15, 0.2) is 53.5 Å². The van der Waals surface area contributed by atoms with Crippen LogP contribution in [0.3, 0.4) is 0 Å². The minimum absolute atomic E-state index is 0.246. The van der Waals surface area contributed by atoms with Crippen LogP contribution in [-0.2, 0) is 0 Å². The molecule has 0 bridgehead atoms. The fourth-order valence-electron chi connectivity index (χ4n) is 1.48. The molecule has 0 saturated carbocycles. The van der Waals surface area contributed by atoms with E-state index in [-0.39, 0.29) is 5.56 Å². The van der Waals surface area contributed by atoms with Crippen molar-refractivity contribution in [2.45, 2.75) is 0 Å². The zero-order chi connectivity index (χ0) is 13.7. The molecule has 19 heavy (non-hydrogen) atoms. The minimum atomic E-state index is -0.949. The summed E-state index contributed by atoms with van der Waals surface area (Å²) in [7, 11) is 0. The Balaban J connectivity index is 2.13. The van der Waals surface area contributed by atoms with Crippen molar-refractivity contribution in [3.63, 3.8) is 0 Å². The van der Waals surface area contributed by atoms with Gasteiger partial charge in [-0.1, -0.05) is 12.1 Å². The smallest absolute Gasteiger partial charge is 0.335 e. The highest BCUT2D eigenvalue weighted by Gasteiger charge is 2.00. The Hall–Kier alpha value is -2.93. The standard InChI is InChI=1S/C15H10N2O2/c16-9-11-3-7-14(8-4-11)17-10-12-1-5-13(6-2-12)15(18)19/h1-8,10H,(H,18,19). The number of carboxylic acids is 1. The van der Waals surface area contributed by atoms with Crippen LogP contribution in [0.25, 0.3) is 0 Å². The molecule has 1 N–H and O–H groups in total. The largest absolute Gasteiger partial charge is 0.478 e. The van der Waals surface area contributed by atoms with Gasteiger partial charge in [0.15, 0.2) is 0 Å². The second-order valence-corrected chi connectivity index (χ2v) is 3.84. The van der Waals surface area contributed by atoms with Crippen molar-refractivity contribution in [2.75, 3.05) is 0 Å². The van der Waals surface area contributed by atoms with Gasteiger partial charge in [0.05, 0.1) is 22.9 Å². The summed E-state index contributed by atoms with van der Waals surface area (Å²) in [6, 6.07) is 15.4. The van der Waals surface area contributed by atoms with E-state index in [1.165, 1.54) is 12.1 Å². The van der Waals surface area contributed by atoms with Crippen LogP contribution in [0.5, 0.6) is 0 Å². The SMILES string of the molecule is N#Cc1ccc(N=Cc2ccc(C(=O)O)cc2)cc1. The highest BCUT2D eigenvalue weighted by atomic mass is 16.4. The zero-order valence-corrected chi connectivity index (χ0v) is 9.95. The lowest BCUT2D eigenvalue weighted by Crippen LogP contribution is -1.95. The number of carbonyl (C=O) groups is 1. The van der Waals surface area contributed by atoms with Gasteiger partial charge in [0.1, 0.15) is 0 Å². The zero-order valence-electron chi connectivity index (χ0n) is 9.95. The molecule has 2 aromatic carbocycles. The topological polar surface area (TPSA) is 73.5 Å². The van der Waals surface area contributed by atoms with Crippen LogP contribution in [-0.4, -0.2) is 17.3 Å². The molecule has 0 aliphatic carbocycles. The summed E-state index contributed by atoms with van der Waals surface area (Å²) in [5.74, 6) is -0.949. The first kappa shape index (κ1) is 12.5. The number of nitriles is 1. The lowest BCUT2D eigenvalue weighted by Gasteiger charge is -1.96. The van der Waals surface area contributed by atoms with Gasteiger partial charge in [-0.25, -0.2) is 4.79 Å². The first-order valence-corrected chi connectivity index (χ1v) is 5.56. The molecule has 0 spiro atoms. The van der Waals surface area contributed by atoms with Gasteiger partial charge in [-0.3, -0.25) is 4.99 Å². The Labute approximate surface area is 110 Å². The first-order chi connectivity index (χ1) is 9.19. The van der Waals surface area contributed by atoms with Crippen molar-refractivity contribution in [3.8, 4) is 6.07 Å². The molecule has 0 atom stereocenters. The lowest BCUT2D eigenvalue weighted by atomic mass is 10.1. The summed E-state index contributed by atoms with van der Waals surface area (Å²) in [4.78, 5) is 14.9. The third-order valence-electron chi connectivity index (χ3n) is 2.52. The average molecular weight is 250 g/mol. The van der Waals surface area contributed by atoms with Crippen molar-refractivity contribution in [3.05, 3.63) is 65.2 Å². The number of carboxylic acid groups (broad SMARTS) is 1. The van der Waals surface area contributed by atoms with E-state index in [1.54, 1.807) is 42.6 Å². The normalized spacial score (nSPS) is 10.3. The van der Waals surface area contributed by atoms with Crippen molar-refractivity contribution >= 4 is 17.9 Å².